The number of esters is 3. The van der Waals surface area contributed by atoms with Gasteiger partial charge in [0.25, 0.3) is 0 Å². The minimum Gasteiger partial charge on any atom is -0.487 e. The summed E-state index contributed by atoms with van der Waals surface area (Å²) in [7, 11) is 2.48. The molecule has 0 N–H and O–H groups in total. The van der Waals surface area contributed by atoms with E-state index < -0.39 is 35.6 Å². The maximum absolute atomic E-state index is 13.0. The molecule has 2 atom stereocenters. The average molecular weight is 470 g/mol. The van der Waals surface area contributed by atoms with Crippen molar-refractivity contribution in [2.45, 2.75) is 57.2 Å². The van der Waals surface area contributed by atoms with E-state index in [1.54, 1.807) is 12.1 Å². The van der Waals surface area contributed by atoms with Crippen LogP contribution in [0.2, 0.25) is 0 Å². The third-order valence-corrected chi connectivity index (χ3v) is 6.03. The summed E-state index contributed by atoms with van der Waals surface area (Å²) in [4.78, 5) is 35.4. The van der Waals surface area contributed by atoms with Crippen LogP contribution in [0.1, 0.15) is 50.2 Å². The van der Waals surface area contributed by atoms with Gasteiger partial charge in [0.1, 0.15) is 17.1 Å². The maximum atomic E-state index is 13.0. The fraction of sp³-hybridized carbons (Fsp3) is 0.522. The molecule has 0 amide bonds. The van der Waals surface area contributed by atoms with Gasteiger partial charge in [-0.1, -0.05) is 6.08 Å². The Balaban J connectivity index is 2.14. The molecule has 0 fully saturated rings. The van der Waals surface area contributed by atoms with Gasteiger partial charge in [-0.2, -0.15) is 13.2 Å². The normalized spacial score (nSPS) is 21.0. The Labute approximate surface area is 188 Å². The molecular weight excluding hydrogens is 445 g/mol. The van der Waals surface area contributed by atoms with Crippen molar-refractivity contribution in [1.29, 1.82) is 0 Å². The van der Waals surface area contributed by atoms with Gasteiger partial charge < -0.3 is 18.9 Å². The third-order valence-electron chi connectivity index (χ3n) is 6.03. The van der Waals surface area contributed by atoms with Gasteiger partial charge in [-0.3, -0.25) is 4.79 Å². The first-order valence-electron chi connectivity index (χ1n) is 10.4. The summed E-state index contributed by atoms with van der Waals surface area (Å²) in [5, 5.41) is 0. The van der Waals surface area contributed by atoms with Crippen LogP contribution >= 0.6 is 0 Å². The largest absolute Gasteiger partial charge is 0.491 e. The molecule has 1 aromatic carbocycles. The first kappa shape index (κ1) is 24.6. The Morgan fingerprint density at radius 1 is 1.15 bits per heavy atom. The second-order valence-corrected chi connectivity index (χ2v) is 8.53. The number of allylic oxidation sites excluding steroid dienone is 1. The predicted molar refractivity (Wildman–Crippen MR) is 109 cm³/mol. The van der Waals surface area contributed by atoms with Gasteiger partial charge in [0.15, 0.2) is 0 Å². The van der Waals surface area contributed by atoms with Crippen LogP contribution in [0.4, 0.5) is 13.2 Å². The zero-order chi connectivity index (χ0) is 24.6. The quantitative estimate of drug-likeness (QED) is 0.474. The summed E-state index contributed by atoms with van der Waals surface area (Å²) in [5.74, 6) is -4.22. The molecule has 10 heteroatoms. The number of rotatable bonds is 5. The lowest BCUT2D eigenvalue weighted by Gasteiger charge is -2.46. The van der Waals surface area contributed by atoms with E-state index in [0.29, 0.717) is 24.0 Å². The summed E-state index contributed by atoms with van der Waals surface area (Å²) in [5.41, 5.74) is 0.360. The van der Waals surface area contributed by atoms with E-state index in [-0.39, 0.29) is 35.8 Å². The van der Waals surface area contributed by atoms with E-state index in [1.807, 2.05) is 13.8 Å². The van der Waals surface area contributed by atoms with E-state index >= 15 is 0 Å². The molecule has 0 spiro atoms. The molecule has 1 aliphatic carbocycles. The van der Waals surface area contributed by atoms with Crippen molar-refractivity contribution in [2.75, 3.05) is 14.2 Å². The number of methoxy groups -OCH3 is 2. The van der Waals surface area contributed by atoms with Crippen molar-refractivity contribution in [3.63, 3.8) is 0 Å². The molecule has 0 saturated heterocycles. The van der Waals surface area contributed by atoms with Crippen molar-refractivity contribution in [1.82, 2.24) is 0 Å². The van der Waals surface area contributed by atoms with Crippen molar-refractivity contribution < 1.29 is 46.5 Å². The second kappa shape index (κ2) is 9.07. The Bertz CT molecular complexity index is 995. The summed E-state index contributed by atoms with van der Waals surface area (Å²) in [6.45, 7) is 3.71. The monoisotopic (exact) mass is 470 g/mol. The predicted octanol–water partition coefficient (Wildman–Crippen LogP) is 4.02. The van der Waals surface area contributed by atoms with Gasteiger partial charge in [-0.25, -0.2) is 9.59 Å². The number of fused-ring (bicyclic) bond motifs is 3. The van der Waals surface area contributed by atoms with E-state index in [1.165, 1.54) is 20.3 Å². The van der Waals surface area contributed by atoms with Crippen LogP contribution in [0.25, 0.3) is 0 Å². The first-order valence-corrected chi connectivity index (χ1v) is 10.4. The number of ether oxygens (including phenoxy) is 4. The first-order chi connectivity index (χ1) is 15.4. The lowest BCUT2D eigenvalue weighted by molar-refractivity contribution is -0.189. The lowest BCUT2D eigenvalue weighted by Crippen LogP contribution is -2.45. The molecule has 3 rings (SSSR count). The van der Waals surface area contributed by atoms with E-state index in [0.717, 1.165) is 0 Å². The van der Waals surface area contributed by atoms with Crippen molar-refractivity contribution in [3.05, 3.63) is 34.9 Å². The van der Waals surface area contributed by atoms with Gasteiger partial charge in [-0.15, -0.1) is 0 Å². The molecule has 1 aromatic rings. The molecule has 0 unspecified atom stereocenters. The number of hydrogen-bond acceptors (Lipinski definition) is 7. The van der Waals surface area contributed by atoms with Crippen LogP contribution in [-0.4, -0.2) is 43.9 Å². The van der Waals surface area contributed by atoms with Crippen LogP contribution in [0, 0.1) is 5.92 Å². The molecule has 1 heterocycles. The van der Waals surface area contributed by atoms with Crippen molar-refractivity contribution in [2.24, 2.45) is 5.92 Å². The minimum atomic E-state index is -5.21. The van der Waals surface area contributed by atoms with Crippen LogP contribution in [0.5, 0.6) is 11.5 Å². The van der Waals surface area contributed by atoms with Gasteiger partial charge in [0.05, 0.1) is 14.2 Å². The Morgan fingerprint density at radius 3 is 2.45 bits per heavy atom. The molecule has 0 bridgehead atoms. The number of halogens is 3. The number of carbonyl (C=O) groups is 3. The average Bonchev–Trinajstić information content (AvgIpc) is 2.75. The number of benzene rings is 1. The highest BCUT2D eigenvalue weighted by Gasteiger charge is 2.48. The van der Waals surface area contributed by atoms with E-state index in [4.69, 9.17) is 14.2 Å². The zero-order valence-corrected chi connectivity index (χ0v) is 18.7. The molecule has 33 heavy (non-hydrogen) atoms. The van der Waals surface area contributed by atoms with Crippen LogP contribution < -0.4 is 9.47 Å². The smallest absolute Gasteiger partial charge is 0.487 e. The second-order valence-electron chi connectivity index (χ2n) is 8.53. The third kappa shape index (κ3) is 5.15. The maximum Gasteiger partial charge on any atom is 0.491 e. The van der Waals surface area contributed by atoms with Crippen molar-refractivity contribution in [3.8, 4) is 11.5 Å². The summed E-state index contributed by atoms with van der Waals surface area (Å²) >= 11 is 0. The SMILES string of the molecule is COC(=O)CCc1cc(OC(=O)C(F)(F)F)c2c(c1)OC(C)(C)[C@@H]1CCC(C(=O)OC)=C[C@@H]21. The fourth-order valence-corrected chi connectivity index (χ4v) is 4.43. The molecule has 2 aliphatic rings. The van der Waals surface area contributed by atoms with Crippen LogP contribution in [0.3, 0.4) is 0 Å². The van der Waals surface area contributed by atoms with Crippen molar-refractivity contribution >= 4 is 17.9 Å². The Kier molecular flexibility index (Phi) is 6.76. The van der Waals surface area contributed by atoms with Gasteiger partial charge in [-0.05, 0) is 50.8 Å². The Morgan fingerprint density at radius 2 is 1.85 bits per heavy atom. The highest BCUT2D eigenvalue weighted by Crippen LogP contribution is 2.54. The molecule has 0 radical (unpaired) electrons. The molecule has 0 saturated carbocycles. The number of hydrogen-bond donors (Lipinski definition) is 0. The highest BCUT2D eigenvalue weighted by molar-refractivity contribution is 5.89. The van der Waals surface area contributed by atoms with Gasteiger partial charge in [0.2, 0.25) is 0 Å². The number of carbonyl (C=O) groups excluding carboxylic acids is 3. The number of alkyl halides is 3. The van der Waals surface area contributed by atoms with Crippen LogP contribution in [-0.2, 0) is 30.3 Å². The van der Waals surface area contributed by atoms with E-state index in [9.17, 15) is 27.6 Å². The van der Waals surface area contributed by atoms with Gasteiger partial charge >= 0.3 is 24.1 Å². The molecule has 7 nitrogen and oxygen atoms in total. The summed E-state index contributed by atoms with van der Waals surface area (Å²) in [6.07, 6.45) is -2.49. The highest BCUT2D eigenvalue weighted by atomic mass is 19.4. The molecule has 0 aromatic heterocycles. The van der Waals surface area contributed by atoms with Crippen LogP contribution in [0.15, 0.2) is 23.8 Å². The summed E-state index contributed by atoms with van der Waals surface area (Å²) in [6, 6.07) is 2.91. The zero-order valence-electron chi connectivity index (χ0n) is 18.7. The molecule has 1 aliphatic heterocycles. The molecular formula is C23H25F3O7. The lowest BCUT2D eigenvalue weighted by atomic mass is 9.67. The van der Waals surface area contributed by atoms with Gasteiger partial charge in [0, 0.05) is 29.4 Å². The minimum absolute atomic E-state index is 0.0240. The number of aryl methyl sites for hydroxylation is 1. The fourth-order valence-electron chi connectivity index (χ4n) is 4.43. The standard InChI is InChI=1S/C23H25F3O7/c1-22(2)15-7-6-13(20(28)31-4)11-14(15)19-16(32-21(29)23(24,25)26)9-12(10-17(19)33-22)5-8-18(27)30-3/h9-11,14-15H,5-8H2,1-4H3/t14-,15-/m1/s1. The Hall–Kier alpha value is -3.04. The topological polar surface area (TPSA) is 88.1 Å². The summed E-state index contributed by atoms with van der Waals surface area (Å²) < 4.78 is 59.4. The molecule has 180 valence electrons. The van der Waals surface area contributed by atoms with E-state index in [2.05, 4.69) is 4.74 Å².